The van der Waals surface area contributed by atoms with Gasteiger partial charge in [-0.25, -0.2) is 0 Å². The average Bonchev–Trinajstić information content (AvgIpc) is 3.61. The summed E-state index contributed by atoms with van der Waals surface area (Å²) in [7, 11) is 0. The fourth-order valence-corrected chi connectivity index (χ4v) is 8.60. The number of hydrogen-bond acceptors (Lipinski definition) is 0. The van der Waals surface area contributed by atoms with Crippen molar-refractivity contribution in [3.05, 3.63) is 143 Å². The molecule has 0 aliphatic heterocycles. The zero-order valence-electron chi connectivity index (χ0n) is 36.3. The van der Waals surface area contributed by atoms with Crippen molar-refractivity contribution in [3.8, 4) is 22.5 Å². The largest absolute Gasteiger partial charge is 0.309 e. The van der Waals surface area contributed by atoms with E-state index in [0.717, 1.165) is 0 Å². The Bertz CT molecular complexity index is 2500. The normalized spacial score (nSPS) is 13.2. The maximum absolute atomic E-state index is 2.48. The van der Waals surface area contributed by atoms with E-state index in [-0.39, 0.29) is 21.7 Å². The Morgan fingerprint density at radius 1 is 0.304 bits per heavy atom. The zero-order valence-corrected chi connectivity index (χ0v) is 36.3. The van der Waals surface area contributed by atoms with Crippen molar-refractivity contribution in [2.75, 3.05) is 0 Å². The van der Waals surface area contributed by atoms with Crippen LogP contribution in [0.5, 0.6) is 0 Å². The van der Waals surface area contributed by atoms with Crippen LogP contribution < -0.4 is 0 Å². The summed E-state index contributed by atoms with van der Waals surface area (Å²) in [5.74, 6) is 0. The molecule has 2 heterocycles. The lowest BCUT2D eigenvalue weighted by molar-refractivity contribution is 0.590. The van der Waals surface area contributed by atoms with Gasteiger partial charge in [0, 0.05) is 32.9 Å². The van der Waals surface area contributed by atoms with E-state index in [1.807, 2.05) is 0 Å². The van der Waals surface area contributed by atoms with Gasteiger partial charge in [0.05, 0.1) is 22.1 Å². The van der Waals surface area contributed by atoms with Crippen molar-refractivity contribution in [1.29, 1.82) is 0 Å². The predicted molar refractivity (Wildman–Crippen MR) is 245 cm³/mol. The molecule has 6 aromatic carbocycles. The molecule has 0 bridgehead atoms. The van der Waals surface area contributed by atoms with Crippen molar-refractivity contribution in [2.24, 2.45) is 0 Å². The Labute approximate surface area is 335 Å². The second kappa shape index (κ2) is 12.7. The molecular formula is C54H60N2. The molecule has 0 unspecified atom stereocenters. The number of nitrogens with zero attached hydrogens (tertiary/aromatic N) is 2. The summed E-state index contributed by atoms with van der Waals surface area (Å²) in [5, 5.41) is 5.29. The zero-order chi connectivity index (χ0) is 40.3. The summed E-state index contributed by atoms with van der Waals surface area (Å²) in [6.45, 7) is 32.2. The molecule has 0 N–H and O–H groups in total. The Kier molecular flexibility index (Phi) is 8.59. The highest BCUT2D eigenvalue weighted by Gasteiger charge is 2.24. The van der Waals surface area contributed by atoms with Gasteiger partial charge in [-0.2, -0.15) is 0 Å². The minimum absolute atomic E-state index is 0.0720. The Hall–Kier alpha value is -5.08. The fourth-order valence-electron chi connectivity index (χ4n) is 8.60. The van der Waals surface area contributed by atoms with Crippen LogP contribution in [0.3, 0.4) is 0 Å². The van der Waals surface area contributed by atoms with Crippen LogP contribution in [0.15, 0.2) is 109 Å². The minimum atomic E-state index is 0.0720. The minimum Gasteiger partial charge on any atom is -0.309 e. The van der Waals surface area contributed by atoms with Crippen LogP contribution in [0.25, 0.3) is 66.1 Å². The average molecular weight is 737 g/mol. The van der Waals surface area contributed by atoms with E-state index >= 15 is 0 Å². The van der Waals surface area contributed by atoms with Gasteiger partial charge in [-0.05, 0) is 153 Å². The molecule has 0 aliphatic carbocycles. The summed E-state index contributed by atoms with van der Waals surface area (Å²) >= 11 is 0. The summed E-state index contributed by atoms with van der Waals surface area (Å²) in [6, 6.07) is 42.4. The summed E-state index contributed by atoms with van der Waals surface area (Å²) < 4.78 is 4.96. The van der Waals surface area contributed by atoms with Crippen molar-refractivity contribution in [2.45, 2.75) is 119 Å². The molecule has 2 aromatic heterocycles. The number of benzene rings is 6. The van der Waals surface area contributed by atoms with Gasteiger partial charge in [0.1, 0.15) is 0 Å². The van der Waals surface area contributed by atoms with Crippen molar-refractivity contribution in [1.82, 2.24) is 9.13 Å². The third-order valence-electron chi connectivity index (χ3n) is 12.2. The lowest BCUT2D eigenvalue weighted by Crippen LogP contribution is -2.10. The maximum atomic E-state index is 2.48. The van der Waals surface area contributed by atoms with E-state index in [0.29, 0.717) is 0 Å². The molecule has 2 heteroatoms. The molecule has 286 valence electrons. The molecule has 0 fully saturated rings. The molecule has 0 saturated heterocycles. The molecule has 0 aliphatic rings. The van der Waals surface area contributed by atoms with Gasteiger partial charge < -0.3 is 9.13 Å². The van der Waals surface area contributed by atoms with Crippen LogP contribution in [-0.4, -0.2) is 9.13 Å². The van der Waals surface area contributed by atoms with Crippen LogP contribution >= 0.6 is 0 Å². The highest BCUT2D eigenvalue weighted by atomic mass is 15.0. The summed E-state index contributed by atoms with van der Waals surface area (Å²) in [5.41, 5.74) is 18.2. The second-order valence-corrected chi connectivity index (χ2v) is 20.6. The van der Waals surface area contributed by atoms with Gasteiger partial charge in [-0.1, -0.05) is 119 Å². The van der Waals surface area contributed by atoms with Crippen LogP contribution in [-0.2, 0) is 21.7 Å². The molecule has 8 aromatic rings. The van der Waals surface area contributed by atoms with E-state index in [1.165, 1.54) is 99.5 Å². The topological polar surface area (TPSA) is 9.86 Å². The fraction of sp³-hybridized carbons (Fsp3) is 0.333. The molecule has 0 radical (unpaired) electrons. The molecule has 0 saturated carbocycles. The molecule has 0 spiro atoms. The number of fused-ring (bicyclic) bond motifs is 6. The van der Waals surface area contributed by atoms with Gasteiger partial charge in [0.25, 0.3) is 0 Å². The summed E-state index contributed by atoms with van der Waals surface area (Å²) in [6.07, 6.45) is 0. The van der Waals surface area contributed by atoms with Gasteiger partial charge in [-0.15, -0.1) is 0 Å². The van der Waals surface area contributed by atoms with Gasteiger partial charge >= 0.3 is 0 Å². The summed E-state index contributed by atoms with van der Waals surface area (Å²) in [4.78, 5) is 0. The third kappa shape index (κ3) is 6.36. The van der Waals surface area contributed by atoms with E-state index < -0.39 is 0 Å². The van der Waals surface area contributed by atoms with Crippen molar-refractivity contribution >= 4 is 43.6 Å². The third-order valence-corrected chi connectivity index (χ3v) is 12.2. The number of aromatic nitrogens is 2. The Morgan fingerprint density at radius 3 is 0.768 bits per heavy atom. The second-order valence-electron chi connectivity index (χ2n) is 20.6. The quantitative estimate of drug-likeness (QED) is 0.171. The molecule has 8 rings (SSSR count). The maximum Gasteiger partial charge on any atom is 0.0541 e. The highest BCUT2D eigenvalue weighted by molar-refractivity contribution is 6.11. The van der Waals surface area contributed by atoms with E-state index in [1.54, 1.807) is 0 Å². The Balaban J connectivity index is 1.24. The SMILES string of the molecule is Cc1cc(-c2ccc(-n3c4ccc(C(C)(C)C)cc4c4cc(C(C)(C)C)ccc43)c(C)c2)ccc1-n1c2ccc(C(C)(C)C)cc2c2cc(C(C)(C)C)ccc21. The van der Waals surface area contributed by atoms with Crippen molar-refractivity contribution < 1.29 is 0 Å². The highest BCUT2D eigenvalue weighted by Crippen LogP contribution is 2.41. The number of rotatable bonds is 3. The van der Waals surface area contributed by atoms with Crippen LogP contribution in [0.1, 0.15) is 116 Å². The first-order chi connectivity index (χ1) is 26.1. The first-order valence-corrected chi connectivity index (χ1v) is 20.5. The number of hydrogen-bond donors (Lipinski definition) is 0. The number of aryl methyl sites for hydroxylation is 2. The Morgan fingerprint density at radius 2 is 0.554 bits per heavy atom. The molecule has 2 nitrogen and oxygen atoms in total. The molecule has 0 atom stereocenters. The first-order valence-electron chi connectivity index (χ1n) is 20.5. The van der Waals surface area contributed by atoms with Crippen LogP contribution in [0.4, 0.5) is 0 Å². The van der Waals surface area contributed by atoms with E-state index in [9.17, 15) is 0 Å². The van der Waals surface area contributed by atoms with Gasteiger partial charge in [0.15, 0.2) is 0 Å². The van der Waals surface area contributed by atoms with Crippen LogP contribution in [0.2, 0.25) is 0 Å². The smallest absolute Gasteiger partial charge is 0.0541 e. The van der Waals surface area contributed by atoms with E-state index in [2.05, 4.69) is 215 Å². The van der Waals surface area contributed by atoms with E-state index in [4.69, 9.17) is 0 Å². The molecule has 0 amide bonds. The standard InChI is InChI=1S/C54H60N2/c1-33-27-35(15-21-45(33)55-47-23-17-37(51(3,4)5)29-41(47)42-30-38(52(6,7)8)18-24-48(42)55)36-16-22-46(34(2)28-36)56-49-25-19-39(53(9,10)11)31-43(49)44-32-40(54(12,13)14)20-26-50(44)56/h15-32H,1-14H3. The van der Waals surface area contributed by atoms with Crippen LogP contribution in [0, 0.1) is 13.8 Å². The van der Waals surface area contributed by atoms with Gasteiger partial charge in [-0.3, -0.25) is 0 Å². The lowest BCUT2D eigenvalue weighted by atomic mass is 9.85. The lowest BCUT2D eigenvalue weighted by Gasteiger charge is -2.19. The monoisotopic (exact) mass is 736 g/mol. The first kappa shape index (κ1) is 37.8. The molecular weight excluding hydrogens is 677 g/mol. The molecule has 56 heavy (non-hydrogen) atoms. The predicted octanol–water partition coefficient (Wildman–Crippen LogP) is 15.4. The van der Waals surface area contributed by atoms with Crippen molar-refractivity contribution in [3.63, 3.8) is 0 Å². The van der Waals surface area contributed by atoms with Gasteiger partial charge in [0.2, 0.25) is 0 Å².